The average Bonchev–Trinajstić information content (AvgIpc) is 3.56. The molecule has 3 N–H and O–H groups in total. The van der Waals surface area contributed by atoms with E-state index in [2.05, 4.69) is 16.0 Å². The molecule has 7 heteroatoms. The number of hydrogen-bond donors (Lipinski definition) is 3. The molecule has 0 heterocycles. The number of likely N-dealkylation sites (N-methyl/N-ethyl adjacent to an activating group) is 1. The number of hydrogen-bond acceptors (Lipinski definition) is 4. The summed E-state index contributed by atoms with van der Waals surface area (Å²) in [5.74, 6) is -0.552. The zero-order valence-corrected chi connectivity index (χ0v) is 17.5. The van der Waals surface area contributed by atoms with E-state index in [1.54, 1.807) is 13.1 Å². The summed E-state index contributed by atoms with van der Waals surface area (Å²) in [6.45, 7) is 0.116. The summed E-state index contributed by atoms with van der Waals surface area (Å²) in [5.41, 5.74) is 1.23. The van der Waals surface area contributed by atoms with Crippen molar-refractivity contribution in [2.24, 2.45) is 0 Å². The first-order valence-electron chi connectivity index (χ1n) is 10.2. The highest BCUT2D eigenvalue weighted by molar-refractivity contribution is 5.89. The van der Waals surface area contributed by atoms with E-state index in [0.29, 0.717) is 6.42 Å². The van der Waals surface area contributed by atoms with Gasteiger partial charge >= 0.3 is 6.09 Å². The Morgan fingerprint density at radius 2 is 1.61 bits per heavy atom. The summed E-state index contributed by atoms with van der Waals surface area (Å²) >= 11 is 0. The molecule has 1 saturated carbocycles. The van der Waals surface area contributed by atoms with Crippen LogP contribution in [0.4, 0.5) is 4.79 Å². The van der Waals surface area contributed by atoms with Gasteiger partial charge in [0.2, 0.25) is 11.8 Å². The van der Waals surface area contributed by atoms with E-state index in [1.807, 2.05) is 60.7 Å². The quantitative estimate of drug-likeness (QED) is 0.542. The Morgan fingerprint density at radius 3 is 2.19 bits per heavy atom. The van der Waals surface area contributed by atoms with Crippen LogP contribution >= 0.6 is 0 Å². The van der Waals surface area contributed by atoms with Gasteiger partial charge in [0, 0.05) is 19.5 Å². The highest BCUT2D eigenvalue weighted by Crippen LogP contribution is 2.36. The third-order valence-corrected chi connectivity index (χ3v) is 5.06. The number of alkyl carbamates (subject to hydrolysis) is 1. The summed E-state index contributed by atoms with van der Waals surface area (Å²) < 4.78 is 5.29. The second-order valence-electron chi connectivity index (χ2n) is 7.54. The number of ether oxygens (including phenoxy) is 1. The van der Waals surface area contributed by atoms with Gasteiger partial charge in [-0.3, -0.25) is 9.59 Å². The number of amides is 3. The van der Waals surface area contributed by atoms with Crippen LogP contribution in [-0.2, 0) is 27.4 Å². The lowest BCUT2D eigenvalue weighted by Crippen LogP contribution is -2.51. The monoisotopic (exact) mass is 421 g/mol. The minimum absolute atomic E-state index is 0.116. The van der Waals surface area contributed by atoms with Crippen molar-refractivity contribution in [2.45, 2.75) is 37.5 Å². The number of carbonyl (C=O) groups is 3. The molecule has 0 radical (unpaired) electrons. The van der Waals surface area contributed by atoms with Gasteiger partial charge in [0.05, 0.1) is 5.54 Å². The van der Waals surface area contributed by atoms with Crippen molar-refractivity contribution < 1.29 is 19.1 Å². The molecule has 162 valence electrons. The number of nitrogens with one attached hydrogen (secondary N) is 3. The fraction of sp³-hybridized carbons (Fsp3) is 0.292. The van der Waals surface area contributed by atoms with E-state index in [1.165, 1.54) is 6.08 Å². The molecule has 31 heavy (non-hydrogen) atoms. The molecule has 2 aromatic rings. The van der Waals surface area contributed by atoms with Gasteiger partial charge in [-0.1, -0.05) is 66.7 Å². The van der Waals surface area contributed by atoms with E-state index in [4.69, 9.17) is 4.74 Å². The first-order chi connectivity index (χ1) is 15.0. The molecule has 0 bridgehead atoms. The predicted molar refractivity (Wildman–Crippen MR) is 117 cm³/mol. The summed E-state index contributed by atoms with van der Waals surface area (Å²) in [6.07, 6.45) is 4.26. The van der Waals surface area contributed by atoms with Crippen LogP contribution in [0.25, 0.3) is 0 Å². The molecule has 3 amide bonds. The fourth-order valence-electron chi connectivity index (χ4n) is 3.09. The molecule has 7 nitrogen and oxygen atoms in total. The molecule has 1 aliphatic rings. The molecule has 2 aromatic carbocycles. The first kappa shape index (κ1) is 22.1. The molecule has 1 unspecified atom stereocenters. The first-order valence-corrected chi connectivity index (χ1v) is 10.2. The second kappa shape index (κ2) is 10.4. The van der Waals surface area contributed by atoms with Gasteiger partial charge in [-0.15, -0.1) is 0 Å². The predicted octanol–water partition coefficient (Wildman–Crippen LogP) is 2.48. The zero-order chi connectivity index (χ0) is 22.1. The standard InChI is InChI=1S/C24H27N3O4/c1-25-21(28)12-13-24(14-15-24)27-22(29)20(16-18-8-4-2-5-9-18)26-23(30)31-17-19-10-6-3-7-11-19/h2-13,20H,14-17H2,1H3,(H,25,28)(H,26,30)(H,27,29). The summed E-state index contributed by atoms with van der Waals surface area (Å²) in [5, 5.41) is 8.17. The summed E-state index contributed by atoms with van der Waals surface area (Å²) in [7, 11) is 1.55. The van der Waals surface area contributed by atoms with Gasteiger partial charge in [0.1, 0.15) is 12.6 Å². The Labute approximate surface area is 181 Å². The highest BCUT2D eigenvalue weighted by atomic mass is 16.5. The van der Waals surface area contributed by atoms with Gasteiger partial charge in [-0.25, -0.2) is 4.79 Å². The molecular formula is C24H27N3O4. The lowest BCUT2D eigenvalue weighted by Gasteiger charge is -2.21. The van der Waals surface area contributed by atoms with Gasteiger partial charge in [0.15, 0.2) is 0 Å². The Morgan fingerprint density at radius 1 is 1.00 bits per heavy atom. The van der Waals surface area contributed by atoms with E-state index in [0.717, 1.165) is 24.0 Å². The third kappa shape index (κ3) is 6.99. The molecular weight excluding hydrogens is 394 g/mol. The highest BCUT2D eigenvalue weighted by Gasteiger charge is 2.43. The molecule has 0 saturated heterocycles. The Bertz CT molecular complexity index is 924. The molecule has 0 aliphatic heterocycles. The van der Waals surface area contributed by atoms with Gasteiger partial charge in [0.25, 0.3) is 0 Å². The van der Waals surface area contributed by atoms with Crippen molar-refractivity contribution in [3.8, 4) is 0 Å². The van der Waals surface area contributed by atoms with E-state index < -0.39 is 17.7 Å². The van der Waals surface area contributed by atoms with E-state index >= 15 is 0 Å². The van der Waals surface area contributed by atoms with Crippen LogP contribution in [0.3, 0.4) is 0 Å². The number of rotatable bonds is 9. The van der Waals surface area contributed by atoms with Crippen molar-refractivity contribution >= 4 is 17.9 Å². The van der Waals surface area contributed by atoms with Crippen molar-refractivity contribution in [2.75, 3.05) is 7.05 Å². The van der Waals surface area contributed by atoms with Gasteiger partial charge < -0.3 is 20.7 Å². The van der Waals surface area contributed by atoms with E-state index in [-0.39, 0.29) is 18.4 Å². The second-order valence-corrected chi connectivity index (χ2v) is 7.54. The van der Waals surface area contributed by atoms with Crippen LogP contribution in [0.15, 0.2) is 72.8 Å². The average molecular weight is 421 g/mol. The van der Waals surface area contributed by atoms with Crippen LogP contribution in [0.5, 0.6) is 0 Å². The summed E-state index contributed by atoms with van der Waals surface area (Å²) in [4.78, 5) is 36.9. The van der Waals surface area contributed by atoms with Crippen molar-refractivity contribution in [1.82, 2.24) is 16.0 Å². The number of benzene rings is 2. The fourth-order valence-corrected chi connectivity index (χ4v) is 3.09. The molecule has 0 aromatic heterocycles. The third-order valence-electron chi connectivity index (χ3n) is 5.06. The van der Waals surface area contributed by atoms with E-state index in [9.17, 15) is 14.4 Å². The lowest BCUT2D eigenvalue weighted by atomic mass is 10.0. The van der Waals surface area contributed by atoms with Crippen molar-refractivity contribution in [3.63, 3.8) is 0 Å². The van der Waals surface area contributed by atoms with Gasteiger partial charge in [-0.2, -0.15) is 0 Å². The normalized spacial score (nSPS) is 15.0. The Hall–Kier alpha value is -3.61. The van der Waals surface area contributed by atoms with Crippen LogP contribution < -0.4 is 16.0 Å². The maximum atomic E-state index is 13.0. The zero-order valence-electron chi connectivity index (χ0n) is 17.5. The van der Waals surface area contributed by atoms with Crippen molar-refractivity contribution in [3.05, 3.63) is 83.9 Å². The van der Waals surface area contributed by atoms with Crippen molar-refractivity contribution in [1.29, 1.82) is 0 Å². The molecule has 1 atom stereocenters. The minimum atomic E-state index is -0.809. The summed E-state index contributed by atoms with van der Waals surface area (Å²) in [6, 6.07) is 18.0. The van der Waals surface area contributed by atoms with Gasteiger partial charge in [-0.05, 0) is 24.0 Å². The van der Waals surface area contributed by atoms with Crippen LogP contribution in [0, 0.1) is 0 Å². The lowest BCUT2D eigenvalue weighted by molar-refractivity contribution is -0.123. The number of carbonyl (C=O) groups excluding carboxylic acids is 3. The molecule has 3 rings (SSSR count). The smallest absolute Gasteiger partial charge is 0.408 e. The Balaban J connectivity index is 1.64. The van der Waals surface area contributed by atoms with Crippen LogP contribution in [-0.4, -0.2) is 36.5 Å². The maximum absolute atomic E-state index is 13.0. The van der Waals surface area contributed by atoms with Crippen LogP contribution in [0.1, 0.15) is 24.0 Å². The topological polar surface area (TPSA) is 96.5 Å². The molecule has 1 fully saturated rings. The Kier molecular flexibility index (Phi) is 7.43. The molecule has 0 spiro atoms. The largest absolute Gasteiger partial charge is 0.445 e. The SMILES string of the molecule is CNC(=O)C=CC1(NC(=O)C(Cc2ccccc2)NC(=O)OCc2ccccc2)CC1. The van der Waals surface area contributed by atoms with Crippen LogP contribution in [0.2, 0.25) is 0 Å². The molecule has 1 aliphatic carbocycles. The minimum Gasteiger partial charge on any atom is -0.445 e. The maximum Gasteiger partial charge on any atom is 0.408 e.